The summed E-state index contributed by atoms with van der Waals surface area (Å²) in [6.07, 6.45) is 87.8. The van der Waals surface area contributed by atoms with Crippen LogP contribution in [-0.4, -0.2) is 37.2 Å². The van der Waals surface area contributed by atoms with E-state index in [1.54, 1.807) is 0 Å². The van der Waals surface area contributed by atoms with E-state index in [0.29, 0.717) is 19.3 Å². The van der Waals surface area contributed by atoms with Crippen molar-refractivity contribution in [1.29, 1.82) is 0 Å². The van der Waals surface area contributed by atoms with Crippen LogP contribution in [-0.2, 0) is 28.6 Å². The molecule has 6 nitrogen and oxygen atoms in total. The lowest BCUT2D eigenvalue weighted by Crippen LogP contribution is -2.30. The first kappa shape index (κ1) is 71.8. The van der Waals surface area contributed by atoms with E-state index in [4.69, 9.17) is 14.2 Å². The molecule has 432 valence electrons. The molecule has 1 atom stereocenters. The van der Waals surface area contributed by atoms with Crippen molar-refractivity contribution in [3.8, 4) is 0 Å². The van der Waals surface area contributed by atoms with Crippen LogP contribution < -0.4 is 0 Å². The number of esters is 3. The van der Waals surface area contributed by atoms with Crippen molar-refractivity contribution in [3.63, 3.8) is 0 Å². The average molecular weight is 1050 g/mol. The monoisotopic (exact) mass is 1050 g/mol. The van der Waals surface area contributed by atoms with Crippen LogP contribution in [0, 0.1) is 0 Å². The van der Waals surface area contributed by atoms with Crippen LogP contribution in [0.5, 0.6) is 0 Å². The Labute approximate surface area is 469 Å². The predicted molar refractivity (Wildman–Crippen MR) is 330 cm³/mol. The minimum Gasteiger partial charge on any atom is -0.462 e. The first-order chi connectivity index (χ1) is 37.5. The van der Waals surface area contributed by atoms with E-state index in [1.165, 1.54) is 109 Å². The Bertz CT molecular complexity index is 1590. The van der Waals surface area contributed by atoms with Gasteiger partial charge in [0.2, 0.25) is 0 Å². The van der Waals surface area contributed by atoms with Gasteiger partial charge < -0.3 is 14.2 Å². The second kappa shape index (κ2) is 63.3. The minimum atomic E-state index is -0.788. The van der Waals surface area contributed by atoms with E-state index in [9.17, 15) is 14.4 Å². The van der Waals surface area contributed by atoms with Gasteiger partial charge in [0, 0.05) is 19.3 Å². The fraction of sp³-hybridized carbons (Fsp3) is 0.671. The molecule has 6 heteroatoms. The number of unbranched alkanes of at least 4 members (excludes halogenated alkanes) is 25. The highest BCUT2D eigenvalue weighted by atomic mass is 16.6. The standard InChI is InChI=1S/C70H116O6/c1-4-7-10-13-16-19-21-23-25-27-29-30-31-32-33-34-35-36-37-38-39-40-42-43-45-47-49-51-54-57-60-63-69(72)75-66-67(65-74-68(71)62-59-56-53-18-15-12-9-6-3)76-70(73)64-61-58-55-52-50-48-46-44-41-28-26-24-22-20-17-14-11-8-5-2/h7,10,16-17,19-20,23-26,29-30,32-33,35-36,38-39,41,44,67H,4-6,8-9,11-15,18,21-22,27-28,31,34,37,40,42-43,45-66H2,1-3H3/b10-7-,19-16-,20-17-,25-23-,26-24-,30-29-,33-32-,36-35-,39-38-,44-41-. The highest BCUT2D eigenvalue weighted by molar-refractivity contribution is 5.71. The van der Waals surface area contributed by atoms with Crippen molar-refractivity contribution in [2.75, 3.05) is 13.2 Å². The molecule has 0 aromatic rings. The molecule has 0 saturated heterocycles. The van der Waals surface area contributed by atoms with Crippen molar-refractivity contribution in [3.05, 3.63) is 122 Å². The van der Waals surface area contributed by atoms with E-state index in [0.717, 1.165) is 135 Å². The summed E-state index contributed by atoms with van der Waals surface area (Å²) in [6, 6.07) is 0. The largest absolute Gasteiger partial charge is 0.462 e. The molecule has 0 aliphatic rings. The van der Waals surface area contributed by atoms with Crippen molar-refractivity contribution in [1.82, 2.24) is 0 Å². The molecule has 0 spiro atoms. The molecule has 0 fully saturated rings. The quantitative estimate of drug-likeness (QED) is 0.0261. The molecular formula is C70H116O6. The first-order valence-corrected chi connectivity index (χ1v) is 31.5. The Hall–Kier alpha value is -4.19. The summed E-state index contributed by atoms with van der Waals surface area (Å²) < 4.78 is 16.8. The van der Waals surface area contributed by atoms with E-state index in [1.807, 2.05) is 0 Å². The Morgan fingerprint density at radius 1 is 0.276 bits per heavy atom. The molecule has 1 unspecified atom stereocenters. The maximum absolute atomic E-state index is 12.9. The van der Waals surface area contributed by atoms with Gasteiger partial charge in [0.25, 0.3) is 0 Å². The average Bonchev–Trinajstić information content (AvgIpc) is 3.42. The highest BCUT2D eigenvalue weighted by Crippen LogP contribution is 2.15. The van der Waals surface area contributed by atoms with E-state index in [-0.39, 0.29) is 31.1 Å². The molecule has 0 radical (unpaired) electrons. The molecule has 0 aromatic heterocycles. The zero-order chi connectivity index (χ0) is 55.0. The smallest absolute Gasteiger partial charge is 0.306 e. The minimum absolute atomic E-state index is 0.0854. The normalized spacial score (nSPS) is 12.9. The molecule has 0 N–H and O–H groups in total. The Kier molecular flexibility index (Phi) is 59.9. The molecule has 0 aliphatic heterocycles. The van der Waals surface area contributed by atoms with Gasteiger partial charge in [-0.2, -0.15) is 0 Å². The lowest BCUT2D eigenvalue weighted by atomic mass is 10.1. The SMILES string of the molecule is CC/C=C\C/C=C\C/C=C\C/C=C\C/C=C\C/C=C\C/C=C\CCCCCCCCCCCC(=O)OCC(COC(=O)CCCCCCCCCC)OC(=O)CCCCCCCC/C=C\C/C=C\C/C=C\CCCCC. The lowest BCUT2D eigenvalue weighted by Gasteiger charge is -2.18. The fourth-order valence-corrected chi connectivity index (χ4v) is 8.49. The molecule has 0 saturated carbocycles. The number of rotatable bonds is 56. The summed E-state index contributed by atoms with van der Waals surface area (Å²) in [5.74, 6) is -0.906. The Morgan fingerprint density at radius 3 is 0.829 bits per heavy atom. The maximum Gasteiger partial charge on any atom is 0.306 e. The van der Waals surface area contributed by atoms with Crippen LogP contribution in [0.25, 0.3) is 0 Å². The number of hydrogen-bond donors (Lipinski definition) is 0. The number of hydrogen-bond acceptors (Lipinski definition) is 6. The zero-order valence-corrected chi connectivity index (χ0v) is 49.5. The first-order valence-electron chi connectivity index (χ1n) is 31.5. The number of carbonyl (C=O) groups excluding carboxylic acids is 3. The molecule has 0 aromatic carbocycles. The van der Waals surface area contributed by atoms with E-state index in [2.05, 4.69) is 142 Å². The van der Waals surface area contributed by atoms with Crippen molar-refractivity contribution in [2.24, 2.45) is 0 Å². The van der Waals surface area contributed by atoms with Gasteiger partial charge in [0.1, 0.15) is 13.2 Å². The third-order valence-corrected chi connectivity index (χ3v) is 13.2. The molecule has 0 aliphatic carbocycles. The molecule has 0 rings (SSSR count). The van der Waals surface area contributed by atoms with E-state index < -0.39 is 6.10 Å². The van der Waals surface area contributed by atoms with Gasteiger partial charge in [0.15, 0.2) is 6.10 Å². The molecule has 76 heavy (non-hydrogen) atoms. The summed E-state index contributed by atoms with van der Waals surface area (Å²) in [4.78, 5) is 38.1. The third-order valence-electron chi connectivity index (χ3n) is 13.2. The molecule has 0 amide bonds. The number of carbonyl (C=O) groups is 3. The van der Waals surface area contributed by atoms with Gasteiger partial charge in [-0.05, 0) is 116 Å². The predicted octanol–water partition coefficient (Wildman–Crippen LogP) is 21.6. The summed E-state index contributed by atoms with van der Waals surface area (Å²) >= 11 is 0. The summed E-state index contributed by atoms with van der Waals surface area (Å²) in [7, 11) is 0. The van der Waals surface area contributed by atoms with Crippen molar-refractivity contribution >= 4 is 17.9 Å². The maximum atomic E-state index is 12.9. The van der Waals surface area contributed by atoms with Gasteiger partial charge in [-0.1, -0.05) is 271 Å². The second-order valence-electron chi connectivity index (χ2n) is 20.6. The van der Waals surface area contributed by atoms with Gasteiger partial charge in [-0.15, -0.1) is 0 Å². The highest BCUT2D eigenvalue weighted by Gasteiger charge is 2.19. The van der Waals surface area contributed by atoms with Crippen LogP contribution in [0.3, 0.4) is 0 Å². The van der Waals surface area contributed by atoms with Gasteiger partial charge >= 0.3 is 17.9 Å². The zero-order valence-electron chi connectivity index (χ0n) is 49.5. The van der Waals surface area contributed by atoms with Crippen molar-refractivity contribution < 1.29 is 28.6 Å². The summed E-state index contributed by atoms with van der Waals surface area (Å²) in [5.41, 5.74) is 0. The molecule has 0 heterocycles. The molecule has 0 bridgehead atoms. The van der Waals surface area contributed by atoms with Crippen LogP contribution in [0.4, 0.5) is 0 Å². The molecular weight excluding hydrogens is 937 g/mol. The fourth-order valence-electron chi connectivity index (χ4n) is 8.49. The van der Waals surface area contributed by atoms with Gasteiger partial charge in [-0.3, -0.25) is 14.4 Å². The van der Waals surface area contributed by atoms with Gasteiger partial charge in [-0.25, -0.2) is 0 Å². The van der Waals surface area contributed by atoms with E-state index >= 15 is 0 Å². The number of ether oxygens (including phenoxy) is 3. The summed E-state index contributed by atoms with van der Waals surface area (Å²) in [5, 5.41) is 0. The van der Waals surface area contributed by atoms with Crippen LogP contribution in [0.15, 0.2) is 122 Å². The lowest BCUT2D eigenvalue weighted by molar-refractivity contribution is -0.167. The summed E-state index contributed by atoms with van der Waals surface area (Å²) in [6.45, 7) is 6.46. The Morgan fingerprint density at radius 2 is 0.513 bits per heavy atom. The van der Waals surface area contributed by atoms with Crippen LogP contribution >= 0.6 is 0 Å². The van der Waals surface area contributed by atoms with Crippen LogP contribution in [0.1, 0.15) is 284 Å². The Balaban J connectivity index is 4.21. The van der Waals surface area contributed by atoms with Crippen LogP contribution in [0.2, 0.25) is 0 Å². The van der Waals surface area contributed by atoms with Crippen molar-refractivity contribution in [2.45, 2.75) is 290 Å². The topological polar surface area (TPSA) is 78.9 Å². The number of allylic oxidation sites excluding steroid dienone is 20. The second-order valence-corrected chi connectivity index (χ2v) is 20.6. The van der Waals surface area contributed by atoms with Gasteiger partial charge in [0.05, 0.1) is 0 Å². The third kappa shape index (κ3) is 60.7.